The molecule has 0 amide bonds. The summed E-state index contributed by atoms with van der Waals surface area (Å²) in [5.74, 6) is -0.351. The topological polar surface area (TPSA) is 99.0 Å². The average molecular weight is 372 g/mol. The number of hydrogen-bond acceptors (Lipinski definition) is 5. The zero-order chi connectivity index (χ0) is 20.3. The van der Waals surface area contributed by atoms with E-state index in [9.17, 15) is 14.4 Å². The van der Waals surface area contributed by atoms with Gasteiger partial charge in [0, 0.05) is 36.8 Å². The summed E-state index contributed by atoms with van der Waals surface area (Å²) in [5, 5.41) is 9.12. The third-order valence-corrected chi connectivity index (χ3v) is 4.63. The fraction of sp³-hybridized carbons (Fsp3) is 0.474. The predicted octanol–water partition coefficient (Wildman–Crippen LogP) is 1.41. The van der Waals surface area contributed by atoms with Crippen LogP contribution < -0.4 is 11.2 Å². The van der Waals surface area contributed by atoms with Gasteiger partial charge in [0.2, 0.25) is 0 Å². The van der Waals surface area contributed by atoms with Gasteiger partial charge < -0.3 is 9.30 Å². The Morgan fingerprint density at radius 1 is 1.33 bits per heavy atom. The molecule has 0 aliphatic carbocycles. The second-order valence-electron chi connectivity index (χ2n) is 6.50. The van der Waals surface area contributed by atoms with Crippen molar-refractivity contribution in [3.05, 3.63) is 55.6 Å². The first-order valence-corrected chi connectivity index (χ1v) is 8.71. The highest BCUT2D eigenvalue weighted by Gasteiger charge is 2.21. The van der Waals surface area contributed by atoms with Crippen LogP contribution in [0.25, 0.3) is 0 Å². The van der Waals surface area contributed by atoms with E-state index in [0.29, 0.717) is 18.7 Å². The number of ether oxygens (including phenoxy) is 1. The van der Waals surface area contributed by atoms with E-state index in [1.807, 2.05) is 25.3 Å². The summed E-state index contributed by atoms with van der Waals surface area (Å²) in [4.78, 5) is 37.7. The molecule has 27 heavy (non-hydrogen) atoms. The van der Waals surface area contributed by atoms with Crippen LogP contribution in [-0.2, 0) is 17.8 Å². The highest BCUT2D eigenvalue weighted by molar-refractivity contribution is 5.97. The summed E-state index contributed by atoms with van der Waals surface area (Å²) >= 11 is 0. The van der Waals surface area contributed by atoms with Gasteiger partial charge in [0.05, 0.1) is 19.2 Å². The molecule has 2 aromatic rings. The minimum absolute atomic E-state index is 0.0403. The SMILES string of the molecule is CCn1cc(C#N)c(=O)n(CC(=O)c2cc(C)n([C@@H](C)COC)c2C)c1=O. The van der Waals surface area contributed by atoms with Crippen LogP contribution in [0, 0.1) is 25.2 Å². The second-order valence-corrected chi connectivity index (χ2v) is 6.50. The lowest BCUT2D eigenvalue weighted by molar-refractivity contribution is 0.0967. The molecule has 0 unspecified atom stereocenters. The lowest BCUT2D eigenvalue weighted by Gasteiger charge is -2.17. The molecule has 0 radical (unpaired) electrons. The Hall–Kier alpha value is -2.92. The monoisotopic (exact) mass is 372 g/mol. The van der Waals surface area contributed by atoms with Gasteiger partial charge in [0.1, 0.15) is 11.6 Å². The minimum Gasteiger partial charge on any atom is -0.383 e. The number of aromatic nitrogens is 3. The van der Waals surface area contributed by atoms with Gasteiger partial charge in [0.15, 0.2) is 5.78 Å². The first-order chi connectivity index (χ1) is 12.8. The molecule has 0 spiro atoms. The molecule has 0 aliphatic rings. The van der Waals surface area contributed by atoms with E-state index in [-0.39, 0.29) is 17.4 Å². The molecule has 8 nitrogen and oxygen atoms in total. The van der Waals surface area contributed by atoms with Crippen molar-refractivity contribution in [3.8, 4) is 6.07 Å². The molecule has 8 heteroatoms. The van der Waals surface area contributed by atoms with Gasteiger partial charge in [-0.15, -0.1) is 0 Å². The molecular weight excluding hydrogens is 348 g/mol. The van der Waals surface area contributed by atoms with Crippen molar-refractivity contribution in [1.29, 1.82) is 5.26 Å². The van der Waals surface area contributed by atoms with Gasteiger partial charge in [-0.2, -0.15) is 5.26 Å². The van der Waals surface area contributed by atoms with Crippen molar-refractivity contribution < 1.29 is 9.53 Å². The zero-order valence-corrected chi connectivity index (χ0v) is 16.3. The number of aryl methyl sites for hydroxylation is 2. The summed E-state index contributed by atoms with van der Waals surface area (Å²) in [6.07, 6.45) is 1.23. The Labute approximate surface area is 157 Å². The van der Waals surface area contributed by atoms with Crippen molar-refractivity contribution >= 4 is 5.78 Å². The van der Waals surface area contributed by atoms with E-state index in [0.717, 1.165) is 16.0 Å². The number of nitrogens with zero attached hydrogens (tertiary/aromatic N) is 4. The van der Waals surface area contributed by atoms with Crippen LogP contribution in [0.5, 0.6) is 0 Å². The van der Waals surface area contributed by atoms with Gasteiger partial charge in [-0.05, 0) is 33.8 Å². The smallest absolute Gasteiger partial charge is 0.331 e. The number of hydrogen-bond donors (Lipinski definition) is 0. The minimum atomic E-state index is -0.748. The molecule has 0 bridgehead atoms. The van der Waals surface area contributed by atoms with Gasteiger partial charge in [-0.3, -0.25) is 18.7 Å². The second kappa shape index (κ2) is 8.18. The maximum Gasteiger partial charge on any atom is 0.331 e. The summed E-state index contributed by atoms with van der Waals surface area (Å²) in [6.45, 7) is 7.81. The quantitative estimate of drug-likeness (QED) is 0.684. The molecular formula is C19H24N4O4. The Morgan fingerprint density at radius 2 is 2.00 bits per heavy atom. The number of Topliss-reactive ketones (excluding diaryl/α,β-unsaturated/α-hetero) is 1. The molecule has 0 aliphatic heterocycles. The van der Waals surface area contributed by atoms with Crippen molar-refractivity contribution in [2.45, 2.75) is 46.8 Å². The third-order valence-electron chi connectivity index (χ3n) is 4.63. The standard InChI is InChI=1S/C19H24N4O4/c1-6-21-9-15(8-20)18(25)22(19(21)26)10-17(24)16-7-12(2)23(14(16)4)13(3)11-27-5/h7,9,13H,6,10-11H2,1-5H3/t13-/m0/s1. The molecule has 0 saturated heterocycles. The molecule has 0 N–H and O–H groups in total. The van der Waals surface area contributed by atoms with E-state index in [4.69, 9.17) is 10.00 Å². The molecule has 0 saturated carbocycles. The lowest BCUT2D eigenvalue weighted by atomic mass is 10.1. The molecule has 2 aromatic heterocycles. The summed E-state index contributed by atoms with van der Waals surface area (Å²) in [7, 11) is 1.62. The Kier molecular flexibility index (Phi) is 6.18. The number of rotatable bonds is 7. The molecule has 2 rings (SSSR count). The van der Waals surface area contributed by atoms with Gasteiger partial charge in [-0.1, -0.05) is 0 Å². The van der Waals surface area contributed by atoms with E-state index >= 15 is 0 Å². The fourth-order valence-corrected chi connectivity index (χ4v) is 3.38. The van der Waals surface area contributed by atoms with Crippen LogP contribution >= 0.6 is 0 Å². The van der Waals surface area contributed by atoms with Crippen LogP contribution in [0.3, 0.4) is 0 Å². The predicted molar refractivity (Wildman–Crippen MR) is 100 cm³/mol. The maximum atomic E-state index is 12.8. The molecule has 0 aromatic carbocycles. The highest BCUT2D eigenvalue weighted by atomic mass is 16.5. The number of nitriles is 1. The summed E-state index contributed by atoms with van der Waals surface area (Å²) in [6, 6.07) is 3.57. The maximum absolute atomic E-state index is 12.8. The van der Waals surface area contributed by atoms with Crippen molar-refractivity contribution in [2.24, 2.45) is 0 Å². The number of methoxy groups -OCH3 is 1. The van der Waals surface area contributed by atoms with Crippen LogP contribution in [0.2, 0.25) is 0 Å². The van der Waals surface area contributed by atoms with Gasteiger partial charge in [-0.25, -0.2) is 4.79 Å². The Morgan fingerprint density at radius 3 is 2.56 bits per heavy atom. The highest BCUT2D eigenvalue weighted by Crippen LogP contribution is 2.21. The Bertz CT molecular complexity index is 1020. The molecule has 1 atom stereocenters. The van der Waals surface area contributed by atoms with Crippen LogP contribution in [0.15, 0.2) is 21.9 Å². The van der Waals surface area contributed by atoms with E-state index in [1.165, 1.54) is 10.8 Å². The zero-order valence-electron chi connectivity index (χ0n) is 16.3. The first kappa shape index (κ1) is 20.4. The largest absolute Gasteiger partial charge is 0.383 e. The first-order valence-electron chi connectivity index (χ1n) is 8.71. The van der Waals surface area contributed by atoms with Crippen molar-refractivity contribution in [1.82, 2.24) is 13.7 Å². The number of ketones is 1. The number of carbonyl (C=O) groups is 1. The van der Waals surface area contributed by atoms with E-state index in [2.05, 4.69) is 0 Å². The normalized spacial score (nSPS) is 12.0. The van der Waals surface area contributed by atoms with Gasteiger partial charge >= 0.3 is 5.69 Å². The fourth-order valence-electron chi connectivity index (χ4n) is 3.38. The van der Waals surface area contributed by atoms with Crippen LogP contribution in [-0.4, -0.2) is 33.2 Å². The van der Waals surface area contributed by atoms with E-state index < -0.39 is 17.8 Å². The van der Waals surface area contributed by atoms with Gasteiger partial charge in [0.25, 0.3) is 5.56 Å². The lowest BCUT2D eigenvalue weighted by Crippen LogP contribution is -2.42. The van der Waals surface area contributed by atoms with E-state index in [1.54, 1.807) is 26.2 Å². The van der Waals surface area contributed by atoms with Crippen molar-refractivity contribution in [2.75, 3.05) is 13.7 Å². The Balaban J connectivity index is 2.48. The summed E-state index contributed by atoms with van der Waals surface area (Å²) in [5.41, 5.74) is 0.584. The average Bonchev–Trinajstić information content (AvgIpc) is 2.93. The number of carbonyl (C=O) groups excluding carboxylic acids is 1. The third kappa shape index (κ3) is 3.78. The summed E-state index contributed by atoms with van der Waals surface area (Å²) < 4.78 is 9.26. The molecule has 0 fully saturated rings. The van der Waals surface area contributed by atoms with Crippen LogP contribution in [0.1, 0.15) is 47.2 Å². The molecule has 144 valence electrons. The molecule has 2 heterocycles. The van der Waals surface area contributed by atoms with Crippen LogP contribution in [0.4, 0.5) is 0 Å². The van der Waals surface area contributed by atoms with Crippen molar-refractivity contribution in [3.63, 3.8) is 0 Å².